The third-order valence-electron chi connectivity index (χ3n) is 2.71. The molecule has 0 bridgehead atoms. The second kappa shape index (κ2) is 5.96. The average Bonchev–Trinajstić information content (AvgIpc) is 2.66. The van der Waals surface area contributed by atoms with Crippen LogP contribution < -0.4 is 5.73 Å². The summed E-state index contributed by atoms with van der Waals surface area (Å²) in [5.74, 6) is 0.366. The maximum atomic E-state index is 6.20. The minimum atomic E-state index is -0.174. The van der Waals surface area contributed by atoms with Crippen LogP contribution in [0, 0.1) is 5.92 Å². The highest BCUT2D eigenvalue weighted by molar-refractivity contribution is 5.04. The number of aromatic nitrogens is 3. The zero-order valence-electron chi connectivity index (χ0n) is 10.6. The lowest BCUT2D eigenvalue weighted by molar-refractivity contribution is 0.0414. The Kier molecular flexibility index (Phi) is 4.89. The fourth-order valence-electron chi connectivity index (χ4n) is 1.91. The normalized spacial score (nSPS) is 15.4. The van der Waals surface area contributed by atoms with Crippen LogP contribution in [0.5, 0.6) is 0 Å². The minimum absolute atomic E-state index is 0.00546. The van der Waals surface area contributed by atoms with Gasteiger partial charge in [-0.15, -0.1) is 5.10 Å². The molecule has 0 aromatic carbocycles. The molecule has 0 radical (unpaired) electrons. The fraction of sp³-hybridized carbons (Fsp3) is 0.818. The third kappa shape index (κ3) is 2.80. The summed E-state index contributed by atoms with van der Waals surface area (Å²) in [6.45, 7) is 7.15. The van der Waals surface area contributed by atoms with Crippen LogP contribution in [0.15, 0.2) is 6.20 Å². The van der Waals surface area contributed by atoms with Gasteiger partial charge in [0, 0.05) is 13.7 Å². The van der Waals surface area contributed by atoms with E-state index in [9.17, 15) is 0 Å². The van der Waals surface area contributed by atoms with Gasteiger partial charge in [0.1, 0.15) is 0 Å². The molecule has 5 heteroatoms. The van der Waals surface area contributed by atoms with Crippen molar-refractivity contribution in [3.8, 4) is 0 Å². The molecule has 1 aromatic rings. The van der Waals surface area contributed by atoms with E-state index in [-0.39, 0.29) is 12.1 Å². The molecular weight excluding hydrogens is 204 g/mol. The molecule has 0 spiro atoms. The van der Waals surface area contributed by atoms with Gasteiger partial charge >= 0.3 is 0 Å². The first-order valence-corrected chi connectivity index (χ1v) is 5.78. The second-order valence-corrected chi connectivity index (χ2v) is 4.35. The van der Waals surface area contributed by atoms with Gasteiger partial charge in [-0.05, 0) is 12.3 Å². The second-order valence-electron chi connectivity index (χ2n) is 4.35. The van der Waals surface area contributed by atoms with Crippen molar-refractivity contribution >= 4 is 0 Å². The number of ether oxygens (including phenoxy) is 1. The molecule has 0 fully saturated rings. The quantitative estimate of drug-likeness (QED) is 0.795. The largest absolute Gasteiger partial charge is 0.379 e. The molecule has 2 unspecified atom stereocenters. The Morgan fingerprint density at radius 3 is 2.69 bits per heavy atom. The molecule has 0 aliphatic carbocycles. The van der Waals surface area contributed by atoms with Gasteiger partial charge in [-0.3, -0.25) is 0 Å². The molecule has 16 heavy (non-hydrogen) atoms. The third-order valence-corrected chi connectivity index (χ3v) is 2.71. The molecular formula is C11H22N4O. The summed E-state index contributed by atoms with van der Waals surface area (Å²) in [4.78, 5) is 0. The first-order chi connectivity index (χ1) is 7.61. The van der Waals surface area contributed by atoms with Gasteiger partial charge in [0.05, 0.1) is 24.0 Å². The van der Waals surface area contributed by atoms with Crippen LogP contribution in [-0.4, -0.2) is 28.2 Å². The fourth-order valence-corrected chi connectivity index (χ4v) is 1.91. The summed E-state index contributed by atoms with van der Waals surface area (Å²) in [6.07, 6.45) is 2.74. The van der Waals surface area contributed by atoms with E-state index >= 15 is 0 Å². The van der Waals surface area contributed by atoms with Gasteiger partial charge in [-0.1, -0.05) is 26.0 Å². The molecule has 0 saturated carbocycles. The van der Waals surface area contributed by atoms with Crippen molar-refractivity contribution in [3.63, 3.8) is 0 Å². The van der Waals surface area contributed by atoms with Gasteiger partial charge in [0.15, 0.2) is 0 Å². The van der Waals surface area contributed by atoms with Crippen molar-refractivity contribution in [3.05, 3.63) is 11.9 Å². The van der Waals surface area contributed by atoms with Crippen LogP contribution in [0.25, 0.3) is 0 Å². The zero-order chi connectivity index (χ0) is 12.1. The lowest BCUT2D eigenvalue weighted by atomic mass is 9.98. The number of nitrogens with two attached hydrogens (primary N) is 1. The van der Waals surface area contributed by atoms with E-state index in [4.69, 9.17) is 10.5 Å². The summed E-state index contributed by atoms with van der Waals surface area (Å²) in [7, 11) is 1.69. The van der Waals surface area contributed by atoms with Crippen LogP contribution in [0.4, 0.5) is 0 Å². The first-order valence-electron chi connectivity index (χ1n) is 5.78. The van der Waals surface area contributed by atoms with Crippen LogP contribution in [0.1, 0.15) is 38.9 Å². The molecule has 2 N–H and O–H groups in total. The Morgan fingerprint density at radius 1 is 1.50 bits per heavy atom. The minimum Gasteiger partial charge on any atom is -0.379 e. The first kappa shape index (κ1) is 13.1. The van der Waals surface area contributed by atoms with Crippen LogP contribution in [0.2, 0.25) is 0 Å². The standard InChI is InChI=1S/C11H22N4O/c1-5-6-15-9(7-13-14-15)10(12)11(16-4)8(2)3/h7-8,10-11H,5-6,12H2,1-4H3. The lowest BCUT2D eigenvalue weighted by Gasteiger charge is -2.25. The van der Waals surface area contributed by atoms with Crippen molar-refractivity contribution in [2.24, 2.45) is 11.7 Å². The molecule has 2 atom stereocenters. The molecule has 0 amide bonds. The number of nitrogens with zero attached hydrogens (tertiary/aromatic N) is 3. The zero-order valence-corrected chi connectivity index (χ0v) is 10.6. The smallest absolute Gasteiger partial charge is 0.0802 e. The van der Waals surface area contributed by atoms with E-state index in [0.29, 0.717) is 5.92 Å². The number of aryl methyl sites for hydroxylation is 1. The number of methoxy groups -OCH3 is 1. The van der Waals surface area contributed by atoms with Gasteiger partial charge < -0.3 is 10.5 Å². The Labute approximate surface area is 97.0 Å². The SMILES string of the molecule is CCCn1nncc1C(N)C(OC)C(C)C. The molecule has 1 rings (SSSR count). The lowest BCUT2D eigenvalue weighted by Crippen LogP contribution is -2.34. The molecule has 1 aromatic heterocycles. The van der Waals surface area contributed by atoms with Crippen molar-refractivity contribution in [1.29, 1.82) is 0 Å². The van der Waals surface area contributed by atoms with E-state index < -0.39 is 0 Å². The van der Waals surface area contributed by atoms with Gasteiger partial charge in [-0.2, -0.15) is 0 Å². The summed E-state index contributed by atoms with van der Waals surface area (Å²) in [6, 6.07) is -0.174. The summed E-state index contributed by atoms with van der Waals surface area (Å²) in [5, 5.41) is 7.95. The molecule has 5 nitrogen and oxygen atoms in total. The van der Waals surface area contributed by atoms with E-state index in [1.165, 1.54) is 0 Å². The predicted molar refractivity (Wildman–Crippen MR) is 62.9 cm³/mol. The van der Waals surface area contributed by atoms with Gasteiger partial charge in [0.25, 0.3) is 0 Å². The molecule has 92 valence electrons. The maximum Gasteiger partial charge on any atom is 0.0802 e. The van der Waals surface area contributed by atoms with E-state index in [2.05, 4.69) is 31.1 Å². The Morgan fingerprint density at radius 2 is 2.19 bits per heavy atom. The molecule has 0 saturated heterocycles. The molecule has 0 aliphatic rings. The van der Waals surface area contributed by atoms with Crippen LogP contribution in [0.3, 0.4) is 0 Å². The van der Waals surface area contributed by atoms with Crippen LogP contribution >= 0.6 is 0 Å². The van der Waals surface area contributed by atoms with Crippen LogP contribution in [-0.2, 0) is 11.3 Å². The number of hydrogen-bond donors (Lipinski definition) is 1. The van der Waals surface area contributed by atoms with Gasteiger partial charge in [-0.25, -0.2) is 4.68 Å². The number of rotatable bonds is 6. The highest BCUT2D eigenvalue weighted by Gasteiger charge is 2.25. The monoisotopic (exact) mass is 226 g/mol. The van der Waals surface area contributed by atoms with Crippen molar-refractivity contribution in [2.75, 3.05) is 7.11 Å². The highest BCUT2D eigenvalue weighted by Crippen LogP contribution is 2.21. The van der Waals surface area contributed by atoms with Crippen molar-refractivity contribution < 1.29 is 4.74 Å². The van der Waals surface area contributed by atoms with E-state index in [0.717, 1.165) is 18.7 Å². The maximum absolute atomic E-state index is 6.20. The summed E-state index contributed by atoms with van der Waals surface area (Å²) >= 11 is 0. The number of hydrogen-bond acceptors (Lipinski definition) is 4. The average molecular weight is 226 g/mol. The van der Waals surface area contributed by atoms with E-state index in [1.807, 2.05) is 4.68 Å². The predicted octanol–water partition coefficient (Wildman–Crippen LogP) is 1.36. The molecule has 0 aliphatic heterocycles. The Bertz CT molecular complexity index is 311. The summed E-state index contributed by atoms with van der Waals surface area (Å²) in [5.41, 5.74) is 7.15. The highest BCUT2D eigenvalue weighted by atomic mass is 16.5. The Hall–Kier alpha value is -0.940. The molecule has 1 heterocycles. The summed E-state index contributed by atoms with van der Waals surface area (Å²) < 4.78 is 7.30. The van der Waals surface area contributed by atoms with E-state index in [1.54, 1.807) is 13.3 Å². The Balaban J connectivity index is 2.85. The topological polar surface area (TPSA) is 66.0 Å². The van der Waals surface area contributed by atoms with Crippen molar-refractivity contribution in [1.82, 2.24) is 15.0 Å². The van der Waals surface area contributed by atoms with Gasteiger partial charge in [0.2, 0.25) is 0 Å². The van der Waals surface area contributed by atoms with Crippen molar-refractivity contribution in [2.45, 2.75) is 45.9 Å².